The van der Waals surface area contributed by atoms with Crippen LogP contribution in [0.2, 0.25) is 0 Å². The Hall–Kier alpha value is -1.30. The number of pyridine rings is 1. The van der Waals surface area contributed by atoms with Crippen LogP contribution in [0.4, 0.5) is 19.0 Å². The fraction of sp³-hybridized carbons (Fsp3) is 0.643. The van der Waals surface area contributed by atoms with Crippen molar-refractivity contribution in [2.75, 3.05) is 26.0 Å². The molecule has 6 heteroatoms. The van der Waals surface area contributed by atoms with Gasteiger partial charge in [-0.1, -0.05) is 12.8 Å². The van der Waals surface area contributed by atoms with Crippen molar-refractivity contribution in [3.63, 3.8) is 0 Å². The second-order valence-electron chi connectivity index (χ2n) is 5.58. The zero-order chi connectivity index (χ0) is 14.8. The highest BCUT2D eigenvalue weighted by atomic mass is 19.4. The molecule has 0 spiro atoms. The van der Waals surface area contributed by atoms with Crippen molar-refractivity contribution in [2.45, 2.75) is 37.4 Å². The fourth-order valence-corrected chi connectivity index (χ4v) is 2.84. The molecule has 0 amide bonds. The highest BCUT2D eigenvalue weighted by Crippen LogP contribution is 2.36. The van der Waals surface area contributed by atoms with Gasteiger partial charge >= 0.3 is 6.18 Å². The number of anilines is 1. The van der Waals surface area contributed by atoms with Gasteiger partial charge in [0.15, 0.2) is 0 Å². The Labute approximate surface area is 117 Å². The van der Waals surface area contributed by atoms with E-state index in [0.29, 0.717) is 6.54 Å². The van der Waals surface area contributed by atoms with Crippen LogP contribution in [0.5, 0.6) is 0 Å². The van der Waals surface area contributed by atoms with Crippen molar-refractivity contribution in [3.8, 4) is 0 Å². The summed E-state index contributed by atoms with van der Waals surface area (Å²) < 4.78 is 38.7. The Morgan fingerprint density at radius 3 is 2.50 bits per heavy atom. The maximum Gasteiger partial charge on any atom is 0.419 e. The van der Waals surface area contributed by atoms with Gasteiger partial charge in [-0.15, -0.1) is 0 Å². The molecule has 1 aromatic heterocycles. The van der Waals surface area contributed by atoms with E-state index < -0.39 is 11.7 Å². The van der Waals surface area contributed by atoms with Crippen molar-refractivity contribution in [3.05, 3.63) is 23.9 Å². The molecule has 20 heavy (non-hydrogen) atoms. The number of hydrogen-bond donors (Lipinski definition) is 1. The van der Waals surface area contributed by atoms with Gasteiger partial charge in [-0.3, -0.25) is 0 Å². The van der Waals surface area contributed by atoms with Gasteiger partial charge in [0.1, 0.15) is 5.82 Å². The number of nitrogens with one attached hydrogen (secondary N) is 1. The second kappa shape index (κ2) is 5.60. The molecule has 1 aliphatic rings. The summed E-state index contributed by atoms with van der Waals surface area (Å²) in [6.07, 6.45) is 1.25. The molecule has 1 aliphatic carbocycles. The molecular formula is C14H20F3N3. The molecule has 3 nitrogen and oxygen atoms in total. The lowest BCUT2D eigenvalue weighted by atomic mass is 9.96. The molecule has 0 aliphatic heterocycles. The standard InChI is InChI=1S/C14H20F3N3/c1-20(2)13(7-3-4-8-13)10-19-12-11(14(15,16)17)6-5-9-18-12/h5-6,9H,3-4,7-8,10H2,1-2H3,(H,18,19). The van der Waals surface area contributed by atoms with E-state index in [1.165, 1.54) is 12.3 Å². The van der Waals surface area contributed by atoms with Gasteiger partial charge in [-0.05, 0) is 39.1 Å². The van der Waals surface area contributed by atoms with E-state index in [0.717, 1.165) is 31.7 Å². The predicted octanol–water partition coefficient (Wildman–Crippen LogP) is 3.39. The van der Waals surface area contributed by atoms with Crippen LogP contribution in [0.15, 0.2) is 18.3 Å². The molecule has 1 saturated carbocycles. The van der Waals surface area contributed by atoms with Crippen LogP contribution in [-0.2, 0) is 6.18 Å². The molecule has 2 rings (SSSR count). The lowest BCUT2D eigenvalue weighted by Gasteiger charge is -2.36. The zero-order valence-electron chi connectivity index (χ0n) is 11.8. The molecule has 112 valence electrons. The van der Waals surface area contributed by atoms with Crippen molar-refractivity contribution in [1.82, 2.24) is 9.88 Å². The van der Waals surface area contributed by atoms with Crippen LogP contribution >= 0.6 is 0 Å². The fourth-order valence-electron chi connectivity index (χ4n) is 2.84. The summed E-state index contributed by atoms with van der Waals surface area (Å²) >= 11 is 0. The summed E-state index contributed by atoms with van der Waals surface area (Å²) in [7, 11) is 3.96. The Morgan fingerprint density at radius 1 is 1.30 bits per heavy atom. The minimum absolute atomic E-state index is 0.0691. The summed E-state index contributed by atoms with van der Waals surface area (Å²) in [5, 5.41) is 2.91. The predicted molar refractivity (Wildman–Crippen MR) is 72.6 cm³/mol. The van der Waals surface area contributed by atoms with Crippen LogP contribution in [0.1, 0.15) is 31.2 Å². The summed E-state index contributed by atoms with van der Waals surface area (Å²) in [5.74, 6) is -0.0758. The molecule has 0 aromatic carbocycles. The average molecular weight is 287 g/mol. The van der Waals surface area contributed by atoms with Gasteiger partial charge in [-0.2, -0.15) is 13.2 Å². The molecule has 1 heterocycles. The van der Waals surface area contributed by atoms with Crippen molar-refractivity contribution in [2.24, 2.45) is 0 Å². The molecule has 1 N–H and O–H groups in total. The first-order valence-electron chi connectivity index (χ1n) is 6.79. The maximum absolute atomic E-state index is 12.9. The molecule has 0 atom stereocenters. The Kier molecular flexibility index (Phi) is 4.22. The largest absolute Gasteiger partial charge is 0.419 e. The number of rotatable bonds is 4. The molecule has 0 bridgehead atoms. The number of nitrogens with zero attached hydrogens (tertiary/aromatic N) is 2. The SMILES string of the molecule is CN(C)C1(CNc2ncccc2C(F)(F)F)CCCC1. The van der Waals surface area contributed by atoms with Gasteiger partial charge in [0.05, 0.1) is 5.56 Å². The normalized spacial score (nSPS) is 18.5. The molecule has 1 fully saturated rings. The van der Waals surface area contributed by atoms with Crippen molar-refractivity contribution < 1.29 is 13.2 Å². The van der Waals surface area contributed by atoms with Gasteiger partial charge in [0.25, 0.3) is 0 Å². The quantitative estimate of drug-likeness (QED) is 0.920. The van der Waals surface area contributed by atoms with Crippen LogP contribution in [0, 0.1) is 0 Å². The Bertz CT molecular complexity index is 451. The number of hydrogen-bond acceptors (Lipinski definition) is 3. The van der Waals surface area contributed by atoms with E-state index in [1.807, 2.05) is 14.1 Å². The summed E-state index contributed by atoms with van der Waals surface area (Å²) in [6.45, 7) is 0.486. The van der Waals surface area contributed by atoms with Crippen LogP contribution < -0.4 is 5.32 Å². The van der Waals surface area contributed by atoms with E-state index in [1.54, 1.807) is 0 Å². The van der Waals surface area contributed by atoms with Gasteiger partial charge in [-0.25, -0.2) is 4.98 Å². The van der Waals surface area contributed by atoms with E-state index >= 15 is 0 Å². The number of alkyl halides is 3. The van der Waals surface area contributed by atoms with Crippen LogP contribution in [0.3, 0.4) is 0 Å². The third kappa shape index (κ3) is 3.06. The summed E-state index contributed by atoms with van der Waals surface area (Å²) in [5.41, 5.74) is -0.771. The van der Waals surface area contributed by atoms with Gasteiger partial charge in [0.2, 0.25) is 0 Å². The Balaban J connectivity index is 2.15. The first kappa shape index (κ1) is 15.1. The molecule has 1 aromatic rings. The molecule has 0 radical (unpaired) electrons. The van der Waals surface area contributed by atoms with Gasteiger partial charge in [0, 0.05) is 18.3 Å². The lowest BCUT2D eigenvalue weighted by Crippen LogP contribution is -2.47. The third-order valence-electron chi connectivity index (χ3n) is 4.18. The lowest BCUT2D eigenvalue weighted by molar-refractivity contribution is -0.137. The number of halogens is 3. The number of likely N-dealkylation sites (N-methyl/N-ethyl adjacent to an activating group) is 1. The molecule has 0 unspecified atom stereocenters. The smallest absolute Gasteiger partial charge is 0.368 e. The summed E-state index contributed by atoms with van der Waals surface area (Å²) in [4.78, 5) is 5.96. The maximum atomic E-state index is 12.9. The minimum Gasteiger partial charge on any atom is -0.368 e. The minimum atomic E-state index is -4.38. The molecular weight excluding hydrogens is 267 g/mol. The van der Waals surface area contributed by atoms with E-state index in [2.05, 4.69) is 15.2 Å². The Morgan fingerprint density at radius 2 is 1.95 bits per heavy atom. The second-order valence-corrected chi connectivity index (χ2v) is 5.58. The topological polar surface area (TPSA) is 28.2 Å². The highest BCUT2D eigenvalue weighted by Gasteiger charge is 2.38. The number of aromatic nitrogens is 1. The van der Waals surface area contributed by atoms with E-state index in [4.69, 9.17) is 0 Å². The highest BCUT2D eigenvalue weighted by molar-refractivity contribution is 5.46. The molecule has 0 saturated heterocycles. The van der Waals surface area contributed by atoms with Crippen LogP contribution in [-0.4, -0.2) is 36.1 Å². The monoisotopic (exact) mass is 287 g/mol. The van der Waals surface area contributed by atoms with Crippen molar-refractivity contribution in [1.29, 1.82) is 0 Å². The van der Waals surface area contributed by atoms with E-state index in [9.17, 15) is 13.2 Å². The average Bonchev–Trinajstić information content (AvgIpc) is 2.86. The zero-order valence-corrected chi connectivity index (χ0v) is 11.8. The van der Waals surface area contributed by atoms with E-state index in [-0.39, 0.29) is 11.4 Å². The van der Waals surface area contributed by atoms with Crippen LogP contribution in [0.25, 0.3) is 0 Å². The van der Waals surface area contributed by atoms with Gasteiger partial charge < -0.3 is 10.2 Å². The first-order valence-corrected chi connectivity index (χ1v) is 6.79. The van der Waals surface area contributed by atoms with Crippen molar-refractivity contribution >= 4 is 5.82 Å². The summed E-state index contributed by atoms with van der Waals surface area (Å²) in [6, 6.07) is 2.37. The third-order valence-corrected chi connectivity index (χ3v) is 4.18. The first-order chi connectivity index (χ1) is 9.35.